The fourth-order valence-corrected chi connectivity index (χ4v) is 1.55. The predicted octanol–water partition coefficient (Wildman–Crippen LogP) is 1.62. The highest BCUT2D eigenvalue weighted by Crippen LogP contribution is 2.14. The molecule has 2 heterocycles. The molecule has 10 heteroatoms. The largest absolute Gasteiger partial charge is 0.375 e. The zero-order chi connectivity index (χ0) is 18.1. The van der Waals surface area contributed by atoms with E-state index in [1.807, 2.05) is 27.7 Å². The lowest BCUT2D eigenvalue weighted by atomic mass is 10.3. The minimum Gasteiger partial charge on any atom is -0.375 e. The predicted molar refractivity (Wildman–Crippen MR) is 99.7 cm³/mol. The molecule has 2 aromatic heterocycles. The minimum absolute atomic E-state index is 0.168. The molecule has 0 amide bonds. The SMILES string of the molecule is CC.CC(C)Nc1nc(/C=N/N(C)C(N)=S)cc(-c2ncn[nH]2)n1. The number of anilines is 1. The van der Waals surface area contributed by atoms with Gasteiger partial charge in [-0.15, -0.1) is 0 Å². The average molecular weight is 349 g/mol. The van der Waals surface area contributed by atoms with E-state index in [1.54, 1.807) is 19.3 Å². The van der Waals surface area contributed by atoms with Crippen LogP contribution in [0.1, 0.15) is 33.4 Å². The summed E-state index contributed by atoms with van der Waals surface area (Å²) in [7, 11) is 1.66. The van der Waals surface area contributed by atoms with Crippen molar-refractivity contribution in [1.29, 1.82) is 0 Å². The number of nitrogens with zero attached hydrogens (tertiary/aromatic N) is 6. The van der Waals surface area contributed by atoms with E-state index in [-0.39, 0.29) is 11.2 Å². The van der Waals surface area contributed by atoms with E-state index in [0.29, 0.717) is 23.2 Å². The number of aromatic nitrogens is 5. The summed E-state index contributed by atoms with van der Waals surface area (Å²) in [5, 5.41) is 15.4. The van der Waals surface area contributed by atoms with Crippen LogP contribution in [0, 0.1) is 0 Å². The maximum absolute atomic E-state index is 5.48. The number of aromatic amines is 1. The third kappa shape index (κ3) is 5.88. The molecule has 0 atom stereocenters. The van der Waals surface area contributed by atoms with E-state index in [9.17, 15) is 0 Å². The molecule has 0 fully saturated rings. The van der Waals surface area contributed by atoms with Gasteiger partial charge in [0.2, 0.25) is 5.95 Å². The Morgan fingerprint density at radius 1 is 1.42 bits per heavy atom. The van der Waals surface area contributed by atoms with Gasteiger partial charge < -0.3 is 11.1 Å². The zero-order valence-corrected chi connectivity index (χ0v) is 15.3. The molecule has 0 saturated carbocycles. The zero-order valence-electron chi connectivity index (χ0n) is 14.5. The van der Waals surface area contributed by atoms with Gasteiger partial charge in [0.25, 0.3) is 0 Å². The Kier molecular flexibility index (Phi) is 7.69. The monoisotopic (exact) mass is 349 g/mol. The summed E-state index contributed by atoms with van der Waals surface area (Å²) in [5.41, 5.74) is 6.68. The summed E-state index contributed by atoms with van der Waals surface area (Å²) in [4.78, 5) is 12.9. The van der Waals surface area contributed by atoms with Crippen molar-refractivity contribution in [3.8, 4) is 11.5 Å². The lowest BCUT2D eigenvalue weighted by Crippen LogP contribution is -2.27. The van der Waals surface area contributed by atoms with Crippen LogP contribution in [0.3, 0.4) is 0 Å². The highest BCUT2D eigenvalue weighted by Gasteiger charge is 2.09. The van der Waals surface area contributed by atoms with Crippen LogP contribution in [0.15, 0.2) is 17.5 Å². The van der Waals surface area contributed by atoms with Gasteiger partial charge in [0.1, 0.15) is 12.0 Å². The molecule has 0 aliphatic heterocycles. The van der Waals surface area contributed by atoms with E-state index in [1.165, 1.54) is 11.3 Å². The number of rotatable bonds is 5. The Bertz CT molecular complexity index is 667. The van der Waals surface area contributed by atoms with Crippen molar-refractivity contribution in [2.45, 2.75) is 33.7 Å². The quantitative estimate of drug-likeness (QED) is 0.423. The number of H-pyrrole nitrogens is 1. The average Bonchev–Trinajstić information content (AvgIpc) is 3.08. The third-order valence-corrected chi connectivity index (χ3v) is 2.77. The first kappa shape index (κ1) is 19.4. The highest BCUT2D eigenvalue weighted by atomic mass is 32.1. The van der Waals surface area contributed by atoms with Crippen LogP contribution in [-0.4, -0.2) is 54.6 Å². The number of thiocarbonyl (C=S) groups is 1. The number of hydrogen-bond donors (Lipinski definition) is 3. The van der Waals surface area contributed by atoms with Gasteiger partial charge in [-0.2, -0.15) is 10.2 Å². The Morgan fingerprint density at radius 3 is 2.67 bits per heavy atom. The molecule has 0 aromatic carbocycles. The van der Waals surface area contributed by atoms with Gasteiger partial charge in [-0.25, -0.2) is 20.0 Å². The fraction of sp³-hybridized carbons (Fsp3) is 0.429. The van der Waals surface area contributed by atoms with E-state index >= 15 is 0 Å². The van der Waals surface area contributed by atoms with Crippen LogP contribution in [0.5, 0.6) is 0 Å². The summed E-state index contributed by atoms with van der Waals surface area (Å²) >= 11 is 4.83. The molecular weight excluding hydrogens is 326 g/mol. The summed E-state index contributed by atoms with van der Waals surface area (Å²) < 4.78 is 0. The van der Waals surface area contributed by atoms with E-state index in [4.69, 9.17) is 18.0 Å². The second-order valence-electron chi connectivity index (χ2n) is 4.74. The van der Waals surface area contributed by atoms with Gasteiger partial charge >= 0.3 is 0 Å². The molecule has 130 valence electrons. The second-order valence-corrected chi connectivity index (χ2v) is 5.16. The maximum atomic E-state index is 5.48. The molecule has 2 rings (SSSR count). The first-order valence-corrected chi connectivity index (χ1v) is 7.95. The van der Waals surface area contributed by atoms with Crippen LogP contribution in [0.2, 0.25) is 0 Å². The van der Waals surface area contributed by atoms with Crippen LogP contribution in [-0.2, 0) is 0 Å². The van der Waals surface area contributed by atoms with Crippen molar-refractivity contribution in [2.24, 2.45) is 10.8 Å². The standard InChI is InChI=1S/C12H17N9S.C2H6/c1-7(2)17-12-18-8(5-16-21(3)11(13)22)4-9(19-12)10-14-6-15-20-10;1-2/h4-7H,1-3H3,(H2,13,22)(H,14,15,20)(H,17,18,19);1-2H3/b16-5+;. The Morgan fingerprint density at radius 2 is 2.12 bits per heavy atom. The van der Waals surface area contributed by atoms with Crippen molar-refractivity contribution in [1.82, 2.24) is 30.2 Å². The van der Waals surface area contributed by atoms with Crippen molar-refractivity contribution in [2.75, 3.05) is 12.4 Å². The maximum Gasteiger partial charge on any atom is 0.224 e. The van der Waals surface area contributed by atoms with E-state index < -0.39 is 0 Å². The fourth-order valence-electron chi connectivity index (χ4n) is 1.51. The van der Waals surface area contributed by atoms with Gasteiger partial charge in [-0.1, -0.05) is 13.8 Å². The van der Waals surface area contributed by atoms with Crippen molar-refractivity contribution < 1.29 is 0 Å². The molecule has 9 nitrogen and oxygen atoms in total. The van der Waals surface area contributed by atoms with Crippen LogP contribution < -0.4 is 11.1 Å². The highest BCUT2D eigenvalue weighted by molar-refractivity contribution is 7.80. The van der Waals surface area contributed by atoms with Gasteiger partial charge in [-0.05, 0) is 32.1 Å². The van der Waals surface area contributed by atoms with Crippen LogP contribution in [0.4, 0.5) is 5.95 Å². The summed E-state index contributed by atoms with van der Waals surface area (Å²) in [6, 6.07) is 1.93. The number of nitrogens with two attached hydrogens (primary N) is 1. The molecule has 0 aliphatic carbocycles. The Hall–Kier alpha value is -2.62. The first-order valence-electron chi connectivity index (χ1n) is 7.54. The lowest BCUT2D eigenvalue weighted by molar-refractivity contribution is 0.552. The van der Waals surface area contributed by atoms with Crippen LogP contribution >= 0.6 is 12.2 Å². The number of nitrogens with one attached hydrogen (secondary N) is 2. The Balaban J connectivity index is 0.00000139. The van der Waals surface area contributed by atoms with Crippen LogP contribution in [0.25, 0.3) is 11.5 Å². The topological polar surface area (TPSA) is 121 Å². The molecule has 0 bridgehead atoms. The van der Waals surface area contributed by atoms with E-state index in [2.05, 4.69) is 35.6 Å². The van der Waals surface area contributed by atoms with Crippen molar-refractivity contribution in [3.05, 3.63) is 18.1 Å². The molecule has 4 N–H and O–H groups in total. The normalized spacial score (nSPS) is 10.4. The van der Waals surface area contributed by atoms with Crippen molar-refractivity contribution in [3.63, 3.8) is 0 Å². The summed E-state index contributed by atoms with van der Waals surface area (Å²) in [6.45, 7) is 8.00. The molecule has 0 saturated heterocycles. The molecular formula is C14H23N9S. The van der Waals surface area contributed by atoms with E-state index in [0.717, 1.165) is 0 Å². The van der Waals surface area contributed by atoms with Gasteiger partial charge in [0.05, 0.1) is 11.9 Å². The summed E-state index contributed by atoms with van der Waals surface area (Å²) in [5.74, 6) is 1.02. The Labute approximate surface area is 146 Å². The van der Waals surface area contributed by atoms with Gasteiger partial charge in [0.15, 0.2) is 10.9 Å². The molecule has 24 heavy (non-hydrogen) atoms. The smallest absolute Gasteiger partial charge is 0.224 e. The number of hydrogen-bond acceptors (Lipinski definition) is 7. The molecule has 0 unspecified atom stereocenters. The minimum atomic E-state index is 0.168. The molecule has 2 aromatic rings. The third-order valence-electron chi connectivity index (χ3n) is 2.50. The molecule has 0 radical (unpaired) electrons. The summed E-state index contributed by atoms with van der Waals surface area (Å²) in [6.07, 6.45) is 2.97. The number of hydrazone groups is 1. The van der Waals surface area contributed by atoms with Crippen molar-refractivity contribution >= 4 is 29.5 Å². The molecule has 0 aliphatic rings. The second kappa shape index (κ2) is 9.50. The first-order chi connectivity index (χ1) is 11.5. The van der Waals surface area contributed by atoms with Gasteiger partial charge in [-0.3, -0.25) is 5.10 Å². The lowest BCUT2D eigenvalue weighted by Gasteiger charge is -2.11. The molecule has 0 spiro atoms. The van der Waals surface area contributed by atoms with Gasteiger partial charge in [0, 0.05) is 13.1 Å².